The third-order valence-electron chi connectivity index (χ3n) is 5.26. The predicted octanol–water partition coefficient (Wildman–Crippen LogP) is 5.41. The Morgan fingerprint density at radius 2 is 1.59 bits per heavy atom. The molecule has 10 heteroatoms. The molecule has 0 saturated carbocycles. The Morgan fingerprint density at radius 1 is 0.946 bits per heavy atom. The number of benzene rings is 1. The molecule has 1 amide bonds. The Balaban J connectivity index is 0.000000266. The van der Waals surface area contributed by atoms with Crippen LogP contribution in [-0.4, -0.2) is 65.9 Å². The third-order valence-corrected chi connectivity index (χ3v) is 5.26. The number of rotatable bonds is 6. The molecule has 2 aromatic heterocycles. The highest BCUT2D eigenvalue weighted by Gasteiger charge is 2.23. The van der Waals surface area contributed by atoms with E-state index >= 15 is 0 Å². The number of hydrogen-bond acceptors (Lipinski definition) is 9. The van der Waals surface area contributed by atoms with Crippen molar-refractivity contribution in [2.45, 2.75) is 39.2 Å². The first-order valence-corrected chi connectivity index (χ1v) is 12.1. The zero-order valence-electron chi connectivity index (χ0n) is 22.3. The number of methoxy groups -OCH3 is 2. The lowest BCUT2D eigenvalue weighted by molar-refractivity contribution is 0.0295. The zero-order chi connectivity index (χ0) is 26.8. The minimum absolute atomic E-state index is 0.167. The minimum Gasteiger partial charge on any atom is -0.497 e. The summed E-state index contributed by atoms with van der Waals surface area (Å²) in [6.45, 7) is 7.38. The van der Waals surface area contributed by atoms with E-state index < -0.39 is 0 Å². The lowest BCUT2D eigenvalue weighted by Gasteiger charge is -2.23. The van der Waals surface area contributed by atoms with Crippen LogP contribution in [0.1, 0.15) is 33.6 Å². The Kier molecular flexibility index (Phi) is 9.48. The summed E-state index contributed by atoms with van der Waals surface area (Å²) >= 11 is 0. The molecular weight excluding hydrogens is 474 g/mol. The first-order valence-electron chi connectivity index (χ1n) is 12.1. The predicted molar refractivity (Wildman–Crippen MR) is 141 cm³/mol. The smallest absolute Gasteiger partial charge is 0.410 e. The van der Waals surface area contributed by atoms with Crippen molar-refractivity contribution in [3.63, 3.8) is 0 Å². The van der Waals surface area contributed by atoms with Crippen LogP contribution in [0, 0.1) is 0 Å². The van der Waals surface area contributed by atoms with Crippen LogP contribution in [-0.2, 0) is 4.74 Å². The molecule has 0 spiro atoms. The van der Waals surface area contributed by atoms with E-state index in [4.69, 9.17) is 18.9 Å². The van der Waals surface area contributed by atoms with Gasteiger partial charge in [0, 0.05) is 31.9 Å². The summed E-state index contributed by atoms with van der Waals surface area (Å²) in [5.74, 6) is 2.95. The number of likely N-dealkylation sites (tertiary alicyclic amines) is 1. The summed E-state index contributed by atoms with van der Waals surface area (Å²) < 4.78 is 21.5. The summed E-state index contributed by atoms with van der Waals surface area (Å²) in [7, 11) is 4.99. The van der Waals surface area contributed by atoms with Gasteiger partial charge in [0.2, 0.25) is 5.88 Å². The Bertz CT molecular complexity index is 1160. The summed E-state index contributed by atoms with van der Waals surface area (Å²) in [4.78, 5) is 26.1. The minimum atomic E-state index is -0.361. The Labute approximate surface area is 218 Å². The number of amides is 1. The van der Waals surface area contributed by atoms with Gasteiger partial charge >= 0.3 is 6.09 Å². The van der Waals surface area contributed by atoms with E-state index in [9.17, 15) is 4.79 Å². The van der Waals surface area contributed by atoms with Crippen LogP contribution in [0.3, 0.4) is 0 Å². The summed E-state index contributed by atoms with van der Waals surface area (Å²) in [6.07, 6.45) is 7.02. The molecule has 37 heavy (non-hydrogen) atoms. The number of anilines is 1. The fraction of sp³-hybridized carbons (Fsp3) is 0.407. The second kappa shape index (κ2) is 12.8. The van der Waals surface area contributed by atoms with Crippen LogP contribution in [0.25, 0.3) is 11.4 Å². The molecule has 1 N–H and O–H groups in total. The van der Waals surface area contributed by atoms with Crippen LogP contribution in [0.5, 0.6) is 23.1 Å². The van der Waals surface area contributed by atoms with Gasteiger partial charge in [0.25, 0.3) is 0 Å². The van der Waals surface area contributed by atoms with Crippen molar-refractivity contribution in [2.24, 2.45) is 0 Å². The maximum atomic E-state index is 11.4. The van der Waals surface area contributed by atoms with Gasteiger partial charge in [-0.15, -0.1) is 0 Å². The SMILES string of the molecule is CC(C)(C)OC(=O)N1CCCC1.CNc1cnc(-c2cncc(OC)c2)nc1Oc1ccc(OC)cc1. The largest absolute Gasteiger partial charge is 0.497 e. The monoisotopic (exact) mass is 509 g/mol. The van der Waals surface area contributed by atoms with Gasteiger partial charge in [-0.05, 0) is 63.9 Å². The highest BCUT2D eigenvalue weighted by molar-refractivity contribution is 5.68. The van der Waals surface area contributed by atoms with E-state index in [-0.39, 0.29) is 11.7 Å². The summed E-state index contributed by atoms with van der Waals surface area (Å²) in [5.41, 5.74) is 1.05. The Morgan fingerprint density at radius 3 is 2.19 bits per heavy atom. The lowest BCUT2D eigenvalue weighted by Crippen LogP contribution is -2.34. The van der Waals surface area contributed by atoms with Gasteiger partial charge in [-0.2, -0.15) is 4.98 Å². The molecule has 1 aliphatic heterocycles. The molecule has 0 aliphatic carbocycles. The Hall–Kier alpha value is -4.08. The number of pyridine rings is 1. The molecule has 1 fully saturated rings. The number of nitrogens with zero attached hydrogens (tertiary/aromatic N) is 4. The molecule has 1 aliphatic rings. The van der Waals surface area contributed by atoms with Crippen molar-refractivity contribution in [1.82, 2.24) is 19.9 Å². The van der Waals surface area contributed by atoms with Gasteiger partial charge in [-0.3, -0.25) is 4.98 Å². The molecule has 3 heterocycles. The number of nitrogens with one attached hydrogen (secondary N) is 1. The second-order valence-corrected chi connectivity index (χ2v) is 9.23. The van der Waals surface area contributed by atoms with E-state index in [2.05, 4.69) is 20.3 Å². The molecular formula is C27H35N5O5. The number of aromatic nitrogens is 3. The fourth-order valence-electron chi connectivity index (χ4n) is 3.39. The average molecular weight is 510 g/mol. The molecule has 0 unspecified atom stereocenters. The fourth-order valence-corrected chi connectivity index (χ4v) is 3.39. The molecule has 1 saturated heterocycles. The van der Waals surface area contributed by atoms with Gasteiger partial charge < -0.3 is 29.2 Å². The van der Waals surface area contributed by atoms with Crippen molar-refractivity contribution in [2.75, 3.05) is 39.7 Å². The lowest BCUT2D eigenvalue weighted by atomic mass is 10.2. The van der Waals surface area contributed by atoms with Crippen molar-refractivity contribution in [3.8, 4) is 34.5 Å². The molecule has 0 bridgehead atoms. The molecule has 0 radical (unpaired) electrons. The van der Waals surface area contributed by atoms with Gasteiger partial charge in [0.1, 0.15) is 28.5 Å². The standard InChI is InChI=1S/C18H18N4O3.C9H17NO2/c1-19-16-11-21-17(12-8-15(24-3)10-20-9-12)22-18(16)25-14-6-4-13(23-2)5-7-14;1-9(2,3)12-8(11)10-6-4-5-7-10/h4-11,19H,1-3H3;4-7H2,1-3H3. The first kappa shape index (κ1) is 27.5. The zero-order valence-corrected chi connectivity index (χ0v) is 22.3. The second-order valence-electron chi connectivity index (χ2n) is 9.23. The maximum Gasteiger partial charge on any atom is 0.410 e. The van der Waals surface area contributed by atoms with Crippen molar-refractivity contribution < 1.29 is 23.7 Å². The van der Waals surface area contributed by atoms with Crippen LogP contribution in [0.4, 0.5) is 10.5 Å². The highest BCUT2D eigenvalue weighted by Crippen LogP contribution is 2.30. The molecule has 198 valence electrons. The molecule has 10 nitrogen and oxygen atoms in total. The molecule has 3 aromatic rings. The number of carbonyl (C=O) groups is 1. The van der Waals surface area contributed by atoms with E-state index in [0.29, 0.717) is 28.9 Å². The van der Waals surface area contributed by atoms with Gasteiger partial charge in [-0.1, -0.05) is 0 Å². The van der Waals surface area contributed by atoms with Crippen LogP contribution in [0.15, 0.2) is 48.9 Å². The molecule has 0 atom stereocenters. The van der Waals surface area contributed by atoms with Crippen molar-refractivity contribution in [3.05, 3.63) is 48.9 Å². The van der Waals surface area contributed by atoms with Gasteiger partial charge in [0.05, 0.1) is 26.6 Å². The van der Waals surface area contributed by atoms with Crippen LogP contribution >= 0.6 is 0 Å². The number of carbonyl (C=O) groups excluding carboxylic acids is 1. The first-order chi connectivity index (χ1) is 17.7. The molecule has 1 aromatic carbocycles. The van der Waals surface area contributed by atoms with E-state index in [1.165, 1.54) is 0 Å². The quantitative estimate of drug-likeness (QED) is 0.467. The summed E-state index contributed by atoms with van der Waals surface area (Å²) in [5, 5.41) is 3.02. The van der Waals surface area contributed by atoms with Crippen molar-refractivity contribution >= 4 is 11.8 Å². The van der Waals surface area contributed by atoms with Crippen molar-refractivity contribution in [1.29, 1.82) is 0 Å². The van der Waals surface area contributed by atoms with E-state index in [1.54, 1.807) is 44.8 Å². The van der Waals surface area contributed by atoms with E-state index in [0.717, 1.165) is 37.2 Å². The molecule has 4 rings (SSSR count). The highest BCUT2D eigenvalue weighted by atomic mass is 16.6. The topological polar surface area (TPSA) is 108 Å². The van der Waals surface area contributed by atoms with Gasteiger partial charge in [0.15, 0.2) is 5.82 Å². The van der Waals surface area contributed by atoms with Gasteiger partial charge in [-0.25, -0.2) is 9.78 Å². The van der Waals surface area contributed by atoms with Crippen LogP contribution < -0.4 is 19.5 Å². The normalized spacial score (nSPS) is 12.8. The number of ether oxygens (including phenoxy) is 4. The van der Waals surface area contributed by atoms with E-state index in [1.807, 2.05) is 51.1 Å². The van der Waals surface area contributed by atoms with Crippen LogP contribution in [0.2, 0.25) is 0 Å². The number of hydrogen-bond donors (Lipinski definition) is 1. The average Bonchev–Trinajstić information content (AvgIpc) is 3.44. The summed E-state index contributed by atoms with van der Waals surface area (Å²) in [6, 6.07) is 9.09. The third kappa shape index (κ3) is 8.23. The maximum absolute atomic E-state index is 11.4.